The number of halogens is 2. The van der Waals surface area contributed by atoms with E-state index in [2.05, 4.69) is 27.3 Å². The Bertz CT molecular complexity index is 1030. The maximum absolute atomic E-state index is 14.6. The molecule has 2 amide bonds. The number of cyclic esters (lactones) is 1. The zero-order valence-electron chi connectivity index (χ0n) is 15.5. The van der Waals surface area contributed by atoms with E-state index in [1.165, 1.54) is 17.9 Å². The first-order chi connectivity index (χ1) is 13.9. The molecular weight excluding hydrogens is 441 g/mol. The molecule has 0 bridgehead atoms. The van der Waals surface area contributed by atoms with Crippen molar-refractivity contribution in [3.63, 3.8) is 0 Å². The summed E-state index contributed by atoms with van der Waals surface area (Å²) in [5.74, 6) is -0.721. The van der Waals surface area contributed by atoms with Crippen LogP contribution in [0.4, 0.5) is 14.9 Å². The van der Waals surface area contributed by atoms with Crippen molar-refractivity contribution in [1.82, 2.24) is 5.32 Å². The fourth-order valence-corrected chi connectivity index (χ4v) is 3.35. The summed E-state index contributed by atoms with van der Waals surface area (Å²) in [5.41, 5.74) is 1.95. The molecule has 1 N–H and O–H groups in total. The second kappa shape index (κ2) is 8.88. The van der Waals surface area contributed by atoms with E-state index in [0.717, 1.165) is 5.56 Å². The van der Waals surface area contributed by atoms with Gasteiger partial charge in [-0.2, -0.15) is 5.26 Å². The van der Waals surface area contributed by atoms with Crippen LogP contribution in [0.2, 0.25) is 0 Å². The standard InChI is InChI=1S/C21H17BrFN3O3/c1-13(27)25-11-18-12-26(21(28)29-18)17-6-5-16(20(23)9-17)8-19(22)15-4-2-3-14(7-15)10-24/h2-9,18H,11-12H2,1H3,(H,25,27)/t18-/m0/s1. The molecule has 2 aromatic rings. The number of nitrogens with one attached hydrogen (secondary N) is 1. The zero-order chi connectivity index (χ0) is 21.0. The van der Waals surface area contributed by atoms with Gasteiger partial charge in [0.05, 0.1) is 30.4 Å². The number of carbonyl (C=O) groups excluding carboxylic acids is 2. The summed E-state index contributed by atoms with van der Waals surface area (Å²) in [7, 11) is 0. The second-order valence-electron chi connectivity index (χ2n) is 6.44. The lowest BCUT2D eigenvalue weighted by Crippen LogP contribution is -2.33. The van der Waals surface area contributed by atoms with Gasteiger partial charge in [0.1, 0.15) is 11.9 Å². The van der Waals surface area contributed by atoms with Crippen molar-refractivity contribution in [3.8, 4) is 6.07 Å². The molecule has 6 nitrogen and oxygen atoms in total. The normalized spacial score (nSPS) is 16.3. The van der Waals surface area contributed by atoms with Crippen molar-refractivity contribution in [2.24, 2.45) is 0 Å². The molecule has 3 rings (SSSR count). The average Bonchev–Trinajstić information content (AvgIpc) is 3.08. The molecule has 0 aromatic heterocycles. The molecule has 1 heterocycles. The fraction of sp³-hybridized carbons (Fsp3) is 0.190. The van der Waals surface area contributed by atoms with Gasteiger partial charge in [0.25, 0.3) is 0 Å². The molecule has 1 fully saturated rings. The maximum atomic E-state index is 14.6. The smallest absolute Gasteiger partial charge is 0.414 e. The van der Waals surface area contributed by atoms with Gasteiger partial charge in [-0.15, -0.1) is 0 Å². The summed E-state index contributed by atoms with van der Waals surface area (Å²) < 4.78 is 20.5. The molecule has 1 atom stereocenters. The first kappa shape index (κ1) is 20.6. The monoisotopic (exact) mass is 457 g/mol. The van der Waals surface area contributed by atoms with Crippen LogP contribution in [0.3, 0.4) is 0 Å². The lowest BCUT2D eigenvalue weighted by Gasteiger charge is -2.14. The predicted molar refractivity (Wildman–Crippen MR) is 111 cm³/mol. The number of anilines is 1. The summed E-state index contributed by atoms with van der Waals surface area (Å²) in [6.07, 6.45) is 0.533. The Morgan fingerprint density at radius 2 is 2.21 bits per heavy atom. The number of rotatable bonds is 5. The van der Waals surface area contributed by atoms with E-state index in [1.807, 2.05) is 6.07 Å². The fourth-order valence-electron chi connectivity index (χ4n) is 2.85. The molecule has 1 aliphatic rings. The van der Waals surface area contributed by atoms with E-state index in [4.69, 9.17) is 10.00 Å². The molecule has 0 radical (unpaired) electrons. The second-order valence-corrected chi connectivity index (χ2v) is 7.30. The number of nitriles is 1. The molecule has 2 aromatic carbocycles. The molecule has 1 aliphatic heterocycles. The minimum absolute atomic E-state index is 0.204. The molecule has 1 saturated heterocycles. The number of amides is 2. The van der Waals surface area contributed by atoms with Gasteiger partial charge in [-0.3, -0.25) is 9.69 Å². The number of benzene rings is 2. The van der Waals surface area contributed by atoms with Crippen molar-refractivity contribution in [3.05, 3.63) is 65.0 Å². The Morgan fingerprint density at radius 3 is 2.90 bits per heavy atom. The van der Waals surface area contributed by atoms with Gasteiger partial charge in [0, 0.05) is 17.0 Å². The molecule has 0 saturated carbocycles. The van der Waals surface area contributed by atoms with Crippen LogP contribution in [0.5, 0.6) is 0 Å². The van der Waals surface area contributed by atoms with E-state index < -0.39 is 18.0 Å². The summed E-state index contributed by atoms with van der Waals surface area (Å²) >= 11 is 3.42. The molecule has 0 spiro atoms. The van der Waals surface area contributed by atoms with E-state index in [1.54, 1.807) is 36.4 Å². The minimum Gasteiger partial charge on any atom is -0.442 e. The van der Waals surface area contributed by atoms with E-state index >= 15 is 0 Å². The Hall–Kier alpha value is -3.18. The third kappa shape index (κ3) is 5.00. The lowest BCUT2D eigenvalue weighted by molar-refractivity contribution is -0.119. The van der Waals surface area contributed by atoms with Crippen molar-refractivity contribution in [2.45, 2.75) is 13.0 Å². The minimum atomic E-state index is -0.586. The lowest BCUT2D eigenvalue weighted by atomic mass is 10.1. The first-order valence-corrected chi connectivity index (χ1v) is 9.56. The topological polar surface area (TPSA) is 82.4 Å². The van der Waals surface area contributed by atoms with E-state index in [0.29, 0.717) is 21.3 Å². The highest BCUT2D eigenvalue weighted by Crippen LogP contribution is 2.29. The number of hydrogen-bond donors (Lipinski definition) is 1. The third-order valence-electron chi connectivity index (χ3n) is 4.30. The van der Waals surface area contributed by atoms with Gasteiger partial charge in [-0.25, -0.2) is 9.18 Å². The first-order valence-electron chi connectivity index (χ1n) is 8.77. The molecule has 0 aliphatic carbocycles. The highest BCUT2D eigenvalue weighted by atomic mass is 79.9. The Balaban J connectivity index is 1.77. The van der Waals surface area contributed by atoms with Crippen LogP contribution in [0.25, 0.3) is 10.6 Å². The van der Waals surface area contributed by atoms with Crippen molar-refractivity contribution in [2.75, 3.05) is 18.0 Å². The summed E-state index contributed by atoms with van der Waals surface area (Å²) in [6.45, 7) is 1.80. The van der Waals surface area contributed by atoms with Gasteiger partial charge in [0.15, 0.2) is 0 Å². The summed E-state index contributed by atoms with van der Waals surface area (Å²) in [5, 5.41) is 11.6. The molecular formula is C21H17BrFN3O3. The average molecular weight is 458 g/mol. The Kier molecular flexibility index (Phi) is 6.29. The van der Waals surface area contributed by atoms with Crippen molar-refractivity contribution < 1.29 is 18.7 Å². The van der Waals surface area contributed by atoms with Gasteiger partial charge >= 0.3 is 6.09 Å². The molecule has 0 unspecified atom stereocenters. The largest absolute Gasteiger partial charge is 0.442 e. The van der Waals surface area contributed by atoms with Gasteiger partial charge in [0.2, 0.25) is 5.91 Å². The van der Waals surface area contributed by atoms with Gasteiger partial charge in [-0.1, -0.05) is 28.1 Å². The van der Waals surface area contributed by atoms with Crippen LogP contribution in [0, 0.1) is 17.1 Å². The van der Waals surface area contributed by atoms with Crippen LogP contribution >= 0.6 is 15.9 Å². The van der Waals surface area contributed by atoms with Crippen LogP contribution in [0.15, 0.2) is 42.5 Å². The Labute approximate surface area is 175 Å². The molecule has 8 heteroatoms. The SMILES string of the molecule is CC(=O)NC[C@H]1CN(c2ccc(C=C(Br)c3cccc(C#N)c3)c(F)c2)C(=O)O1. The number of ether oxygens (including phenoxy) is 1. The quantitative estimate of drug-likeness (QED) is 0.686. The van der Waals surface area contributed by atoms with Crippen LogP contribution in [-0.2, 0) is 9.53 Å². The molecule has 29 heavy (non-hydrogen) atoms. The van der Waals surface area contributed by atoms with E-state index in [-0.39, 0.29) is 19.0 Å². The number of nitrogens with zero attached hydrogens (tertiary/aromatic N) is 2. The van der Waals surface area contributed by atoms with E-state index in [9.17, 15) is 14.0 Å². The number of hydrogen-bond acceptors (Lipinski definition) is 4. The summed E-state index contributed by atoms with van der Waals surface area (Å²) in [4.78, 5) is 24.4. The van der Waals surface area contributed by atoms with Crippen LogP contribution in [-0.4, -0.2) is 31.2 Å². The van der Waals surface area contributed by atoms with Gasteiger partial charge < -0.3 is 10.1 Å². The predicted octanol–water partition coefficient (Wildman–Crippen LogP) is 4.05. The highest BCUT2D eigenvalue weighted by molar-refractivity contribution is 9.15. The highest BCUT2D eigenvalue weighted by Gasteiger charge is 2.32. The van der Waals surface area contributed by atoms with Crippen molar-refractivity contribution >= 4 is 44.2 Å². The third-order valence-corrected chi connectivity index (χ3v) is 4.98. The maximum Gasteiger partial charge on any atom is 0.414 e. The van der Waals surface area contributed by atoms with Crippen LogP contribution < -0.4 is 10.2 Å². The van der Waals surface area contributed by atoms with Crippen LogP contribution in [0.1, 0.15) is 23.6 Å². The Morgan fingerprint density at radius 1 is 1.41 bits per heavy atom. The van der Waals surface area contributed by atoms with Gasteiger partial charge in [-0.05, 0) is 42.0 Å². The molecule has 148 valence electrons. The van der Waals surface area contributed by atoms with Crippen molar-refractivity contribution in [1.29, 1.82) is 5.26 Å². The zero-order valence-corrected chi connectivity index (χ0v) is 17.1. The summed E-state index contributed by atoms with van der Waals surface area (Å²) in [6, 6.07) is 13.5. The number of carbonyl (C=O) groups is 2.